The molecule has 12 heavy (non-hydrogen) atoms. The van der Waals surface area contributed by atoms with E-state index in [0.29, 0.717) is 0 Å². The van der Waals surface area contributed by atoms with E-state index in [-0.39, 0.29) is 12.0 Å². The summed E-state index contributed by atoms with van der Waals surface area (Å²) in [5, 5.41) is 36.8. The Morgan fingerprint density at radius 2 is 1.75 bits per heavy atom. The predicted molar refractivity (Wildman–Crippen MR) is 41.4 cm³/mol. The highest BCUT2D eigenvalue weighted by molar-refractivity contribution is 8.01. The highest BCUT2D eigenvalue weighted by Crippen LogP contribution is 2.54. The van der Waals surface area contributed by atoms with Crippen LogP contribution in [-0.2, 0) is 3.81 Å². The maximum atomic E-state index is 9.36. The predicted octanol–water partition coefficient (Wildman–Crippen LogP) is -2.02. The molecule has 6 heteroatoms. The topological polar surface area (TPSA) is 83.6 Å². The smallest absolute Gasteiger partial charge is 0.319 e. The van der Waals surface area contributed by atoms with Crippen LogP contribution in [0.15, 0.2) is 0 Å². The van der Waals surface area contributed by atoms with Gasteiger partial charge in [0.15, 0.2) is 12.2 Å². The Labute approximate surface area is 73.5 Å². The average molecular weight is 195 g/mol. The highest BCUT2D eigenvalue weighted by atomic mass is 32.2. The SMILES string of the molecule is OC[C@@H]1[C@@H](O)[C@H](O)[C@@H](O)[C@@H]2S[O+]12. The van der Waals surface area contributed by atoms with Crippen molar-refractivity contribution in [2.45, 2.75) is 29.9 Å². The van der Waals surface area contributed by atoms with Crippen LogP contribution in [0.3, 0.4) is 0 Å². The summed E-state index contributed by atoms with van der Waals surface area (Å²) in [6, 6.07) is 0. The fraction of sp³-hybridized carbons (Fsp3) is 1.00. The molecule has 2 fully saturated rings. The molecule has 5 nitrogen and oxygen atoms in total. The molecule has 0 saturated carbocycles. The van der Waals surface area contributed by atoms with Crippen molar-refractivity contribution in [3.05, 3.63) is 0 Å². The summed E-state index contributed by atoms with van der Waals surface area (Å²) in [5.74, 6) is 0. The van der Waals surface area contributed by atoms with E-state index in [2.05, 4.69) is 3.81 Å². The zero-order valence-corrected chi connectivity index (χ0v) is 7.02. The van der Waals surface area contributed by atoms with Crippen molar-refractivity contribution in [3.8, 4) is 0 Å². The summed E-state index contributed by atoms with van der Waals surface area (Å²) in [4.78, 5) is 0. The summed E-state index contributed by atoms with van der Waals surface area (Å²) in [6.45, 7) is -0.237. The van der Waals surface area contributed by atoms with Crippen LogP contribution in [0.25, 0.3) is 0 Å². The Hall–Kier alpha value is 0.150. The molecule has 0 aromatic rings. The quantitative estimate of drug-likeness (QED) is 0.221. The Morgan fingerprint density at radius 1 is 1.08 bits per heavy atom. The summed E-state index contributed by atoms with van der Waals surface area (Å²) >= 11 is 1.27. The molecule has 0 spiro atoms. The average Bonchev–Trinajstić information content (AvgIpc) is 2.81. The van der Waals surface area contributed by atoms with E-state index in [0.717, 1.165) is 0 Å². The van der Waals surface area contributed by atoms with E-state index in [1.54, 1.807) is 0 Å². The lowest BCUT2D eigenvalue weighted by molar-refractivity contribution is -0.202. The van der Waals surface area contributed by atoms with Crippen LogP contribution < -0.4 is 0 Å². The van der Waals surface area contributed by atoms with Crippen molar-refractivity contribution in [2.75, 3.05) is 6.61 Å². The third-order valence-corrected chi connectivity index (χ3v) is 3.40. The van der Waals surface area contributed by atoms with Gasteiger partial charge in [-0.15, -0.1) is 0 Å². The first-order valence-electron chi connectivity index (χ1n) is 3.71. The maximum Gasteiger partial charge on any atom is 0.319 e. The second-order valence-corrected chi connectivity index (χ2v) is 4.03. The van der Waals surface area contributed by atoms with Crippen molar-refractivity contribution < 1.29 is 24.2 Å². The molecule has 0 aliphatic carbocycles. The molecule has 2 saturated heterocycles. The molecule has 0 aromatic heterocycles. The van der Waals surface area contributed by atoms with Crippen LogP contribution in [0, 0.1) is 0 Å². The van der Waals surface area contributed by atoms with Crippen molar-refractivity contribution in [2.24, 2.45) is 0 Å². The summed E-state index contributed by atoms with van der Waals surface area (Å²) in [5.41, 5.74) is -0.236. The number of hydrogen-bond donors (Lipinski definition) is 4. The molecule has 0 radical (unpaired) electrons. The van der Waals surface area contributed by atoms with Crippen LogP contribution in [0.2, 0.25) is 0 Å². The van der Waals surface area contributed by atoms with Gasteiger partial charge in [0.1, 0.15) is 12.7 Å². The summed E-state index contributed by atoms with van der Waals surface area (Å²) in [7, 11) is 0. The Morgan fingerprint density at radius 3 is 2.33 bits per heavy atom. The monoisotopic (exact) mass is 195 g/mol. The van der Waals surface area contributed by atoms with Gasteiger partial charge in [-0.25, -0.2) is 0 Å². The lowest BCUT2D eigenvalue weighted by Crippen LogP contribution is -2.54. The largest absolute Gasteiger partial charge is 0.388 e. The minimum atomic E-state index is -1.16. The van der Waals surface area contributed by atoms with Gasteiger partial charge >= 0.3 is 5.44 Å². The van der Waals surface area contributed by atoms with Gasteiger partial charge in [-0.05, 0) is 0 Å². The third-order valence-electron chi connectivity index (χ3n) is 2.23. The number of fused-ring (bicyclic) bond motifs is 1. The van der Waals surface area contributed by atoms with Gasteiger partial charge in [-0.1, -0.05) is 0 Å². The van der Waals surface area contributed by atoms with E-state index in [1.807, 2.05) is 0 Å². The van der Waals surface area contributed by atoms with Crippen molar-refractivity contribution in [3.63, 3.8) is 0 Å². The zero-order chi connectivity index (χ0) is 8.88. The normalized spacial score (nSPS) is 53.5. The van der Waals surface area contributed by atoms with E-state index in [9.17, 15) is 15.3 Å². The van der Waals surface area contributed by atoms with Gasteiger partial charge in [0.05, 0.1) is 0 Å². The maximum absolute atomic E-state index is 9.36. The number of hydrogen-bond acceptors (Lipinski definition) is 5. The molecule has 0 unspecified atom stereocenters. The van der Waals surface area contributed by atoms with Gasteiger partial charge < -0.3 is 24.2 Å². The molecule has 0 bridgehead atoms. The van der Waals surface area contributed by atoms with Gasteiger partial charge in [-0.2, -0.15) is 0 Å². The van der Waals surface area contributed by atoms with E-state index >= 15 is 0 Å². The van der Waals surface area contributed by atoms with Crippen molar-refractivity contribution >= 4 is 12.0 Å². The standard InChI is InChI=1S/C6H11O5S/c7-1-2-3(8)4(9)5(10)6-11(2)12-6/h2-10H,1H2/q+1/t2-,3-,4+,5-,6+/m1/s1. The third kappa shape index (κ3) is 1.07. The first kappa shape index (κ1) is 8.74. The molecule has 2 aliphatic rings. The van der Waals surface area contributed by atoms with Gasteiger partial charge in [0.2, 0.25) is 6.10 Å². The van der Waals surface area contributed by atoms with Gasteiger partial charge in [0, 0.05) is 0 Å². The molecule has 0 aromatic carbocycles. The summed E-state index contributed by atoms with van der Waals surface area (Å²) in [6.07, 6.45) is -3.73. The lowest BCUT2D eigenvalue weighted by atomic mass is 10.0. The Balaban J connectivity index is 2.11. The molecule has 0 amide bonds. The minimum Gasteiger partial charge on any atom is -0.388 e. The molecule has 2 heterocycles. The van der Waals surface area contributed by atoms with Crippen molar-refractivity contribution in [1.82, 2.24) is 0 Å². The van der Waals surface area contributed by atoms with E-state index in [1.165, 1.54) is 12.0 Å². The molecule has 5 atom stereocenters. The molecular formula is C6H11O5S+. The fourth-order valence-electron chi connectivity index (χ4n) is 1.43. The first-order chi connectivity index (χ1) is 5.66. The minimum absolute atomic E-state index is 0.236. The van der Waals surface area contributed by atoms with Gasteiger partial charge in [0.25, 0.3) is 12.0 Å². The molecule has 2 rings (SSSR count). The van der Waals surface area contributed by atoms with E-state index < -0.39 is 24.4 Å². The zero-order valence-electron chi connectivity index (χ0n) is 6.20. The van der Waals surface area contributed by atoms with Crippen LogP contribution in [0.1, 0.15) is 0 Å². The molecule has 4 N–H and O–H groups in total. The Kier molecular flexibility index (Phi) is 2.06. The Bertz CT molecular complexity index is 189. The first-order valence-corrected chi connectivity index (χ1v) is 4.51. The van der Waals surface area contributed by atoms with Gasteiger partial charge in [-0.3, -0.25) is 0 Å². The number of aliphatic hydroxyl groups excluding tert-OH is 4. The van der Waals surface area contributed by atoms with E-state index in [4.69, 9.17) is 5.11 Å². The summed E-state index contributed by atoms with van der Waals surface area (Å²) < 4.78 is 2.50. The van der Waals surface area contributed by atoms with Crippen LogP contribution >= 0.6 is 12.0 Å². The van der Waals surface area contributed by atoms with Crippen LogP contribution in [0.5, 0.6) is 0 Å². The lowest BCUT2D eigenvalue weighted by Gasteiger charge is -2.27. The van der Waals surface area contributed by atoms with Crippen LogP contribution in [-0.4, -0.2) is 56.9 Å². The number of rotatable bonds is 1. The highest BCUT2D eigenvalue weighted by Gasteiger charge is 2.67. The molecule has 2 aliphatic heterocycles. The molecular weight excluding hydrogens is 184 g/mol. The van der Waals surface area contributed by atoms with Crippen LogP contribution in [0.4, 0.5) is 0 Å². The fourth-order valence-corrected chi connectivity index (χ4v) is 2.45. The van der Waals surface area contributed by atoms with Crippen molar-refractivity contribution in [1.29, 1.82) is 0 Å². The second-order valence-electron chi connectivity index (χ2n) is 2.99. The second kappa shape index (κ2) is 2.83. The molecule has 70 valence electrons. The number of aliphatic hydroxyl groups is 4.